The van der Waals surface area contributed by atoms with Gasteiger partial charge in [-0.05, 0) is 12.1 Å². The Kier molecular flexibility index (Phi) is 6.36. The molecule has 28 heavy (non-hydrogen) atoms. The highest BCUT2D eigenvalue weighted by Crippen LogP contribution is 2.20. The van der Waals surface area contributed by atoms with Gasteiger partial charge in [-0.2, -0.15) is 0 Å². The molecule has 6 nitrogen and oxygen atoms in total. The summed E-state index contributed by atoms with van der Waals surface area (Å²) in [5, 5.41) is 5.49. The molecule has 3 rings (SSSR count). The highest BCUT2D eigenvalue weighted by Gasteiger charge is 2.13. The topological polar surface area (TPSA) is 84.2 Å². The smallest absolute Gasteiger partial charge is 0.253 e. The molecule has 2 amide bonds. The zero-order valence-electron chi connectivity index (χ0n) is 15.4. The van der Waals surface area contributed by atoms with Gasteiger partial charge in [-0.25, -0.2) is 4.98 Å². The van der Waals surface area contributed by atoms with Crippen molar-refractivity contribution in [2.45, 2.75) is 12.8 Å². The molecular weight excluding hydrogens is 354 g/mol. The largest absolute Gasteiger partial charge is 0.441 e. The van der Waals surface area contributed by atoms with Crippen molar-refractivity contribution >= 4 is 17.5 Å². The quantitative estimate of drug-likeness (QED) is 0.586. The van der Waals surface area contributed by atoms with Gasteiger partial charge >= 0.3 is 0 Å². The van der Waals surface area contributed by atoms with Crippen molar-refractivity contribution in [3.8, 4) is 11.3 Å². The number of amides is 2. The van der Waals surface area contributed by atoms with Gasteiger partial charge in [0.2, 0.25) is 5.91 Å². The molecule has 1 aromatic heterocycles. The summed E-state index contributed by atoms with van der Waals surface area (Å²) in [6, 6.07) is 16.5. The summed E-state index contributed by atoms with van der Waals surface area (Å²) in [4.78, 5) is 28.7. The number of nitrogens with zero attached hydrogens (tertiary/aromatic N) is 1. The highest BCUT2D eigenvalue weighted by molar-refractivity contribution is 6.03. The number of hydrogen-bond donors (Lipinski definition) is 2. The summed E-state index contributed by atoms with van der Waals surface area (Å²) < 4.78 is 5.71. The van der Waals surface area contributed by atoms with E-state index >= 15 is 0 Å². The summed E-state index contributed by atoms with van der Waals surface area (Å²) in [6.45, 7) is 3.93. The Balaban J connectivity index is 1.59. The molecule has 3 aromatic rings. The molecule has 0 saturated carbocycles. The average Bonchev–Trinajstić information content (AvgIpc) is 3.21. The molecule has 0 atom stereocenters. The second-order valence-electron chi connectivity index (χ2n) is 6.08. The summed E-state index contributed by atoms with van der Waals surface area (Å²) in [5.74, 6) is 0.672. The van der Waals surface area contributed by atoms with Crippen LogP contribution in [-0.4, -0.2) is 23.3 Å². The number of nitrogens with one attached hydrogen (secondary N) is 2. The summed E-state index contributed by atoms with van der Waals surface area (Å²) in [5.41, 5.74) is 1.80. The van der Waals surface area contributed by atoms with Crippen molar-refractivity contribution in [1.82, 2.24) is 10.3 Å². The molecular formula is C22H21N3O3. The van der Waals surface area contributed by atoms with Gasteiger partial charge in [0.15, 0.2) is 11.7 Å². The Hall–Kier alpha value is -3.67. The van der Waals surface area contributed by atoms with Gasteiger partial charge in [-0.15, -0.1) is 6.58 Å². The fourth-order valence-corrected chi connectivity index (χ4v) is 2.65. The minimum absolute atomic E-state index is 0.192. The monoisotopic (exact) mass is 375 g/mol. The number of oxazole rings is 1. The van der Waals surface area contributed by atoms with Crippen molar-refractivity contribution in [2.24, 2.45) is 0 Å². The number of para-hydroxylation sites is 1. The van der Waals surface area contributed by atoms with Crippen LogP contribution in [0.5, 0.6) is 0 Å². The molecule has 6 heteroatoms. The fraction of sp³-hybridized carbons (Fsp3) is 0.136. The van der Waals surface area contributed by atoms with E-state index in [9.17, 15) is 9.59 Å². The molecule has 142 valence electrons. The van der Waals surface area contributed by atoms with Gasteiger partial charge < -0.3 is 15.1 Å². The number of benzene rings is 2. The standard InChI is InChI=1S/C22H21N3O3/c1-2-14-23-22(27)17-10-6-7-11-18(17)25-20(26)12-13-21-24-15-19(28-21)16-8-4-3-5-9-16/h2-11,15H,1,12-14H2,(H,23,27)(H,25,26). The Bertz CT molecular complexity index is 964. The minimum Gasteiger partial charge on any atom is -0.441 e. The molecule has 0 aliphatic rings. The van der Waals surface area contributed by atoms with E-state index in [1.165, 1.54) is 0 Å². The van der Waals surface area contributed by atoms with Gasteiger partial charge in [0, 0.05) is 24.9 Å². The number of carbonyl (C=O) groups is 2. The van der Waals surface area contributed by atoms with E-state index in [0.29, 0.717) is 35.9 Å². The molecule has 0 fully saturated rings. The maximum Gasteiger partial charge on any atom is 0.253 e. The van der Waals surface area contributed by atoms with Crippen molar-refractivity contribution in [3.05, 3.63) is 84.9 Å². The summed E-state index contributed by atoms with van der Waals surface area (Å²) in [7, 11) is 0. The Labute approximate surface area is 163 Å². The molecule has 0 unspecified atom stereocenters. The fourth-order valence-electron chi connectivity index (χ4n) is 2.65. The normalized spacial score (nSPS) is 10.3. The first-order valence-corrected chi connectivity index (χ1v) is 8.95. The van der Waals surface area contributed by atoms with Crippen LogP contribution in [-0.2, 0) is 11.2 Å². The summed E-state index contributed by atoms with van der Waals surface area (Å²) >= 11 is 0. The maximum absolute atomic E-state index is 12.3. The van der Waals surface area contributed by atoms with Crippen molar-refractivity contribution in [3.63, 3.8) is 0 Å². The predicted molar refractivity (Wildman–Crippen MR) is 108 cm³/mol. The Morgan fingerprint density at radius 2 is 1.82 bits per heavy atom. The average molecular weight is 375 g/mol. The van der Waals surface area contributed by atoms with E-state index in [0.717, 1.165) is 5.56 Å². The van der Waals surface area contributed by atoms with E-state index in [4.69, 9.17) is 4.42 Å². The second kappa shape index (κ2) is 9.32. The lowest BCUT2D eigenvalue weighted by Crippen LogP contribution is -2.25. The lowest BCUT2D eigenvalue weighted by atomic mass is 10.1. The van der Waals surface area contributed by atoms with Gasteiger partial charge in [0.05, 0.1) is 17.4 Å². The first-order valence-electron chi connectivity index (χ1n) is 8.95. The van der Waals surface area contributed by atoms with Crippen LogP contribution in [0.2, 0.25) is 0 Å². The third kappa shape index (κ3) is 4.94. The van der Waals surface area contributed by atoms with Crippen LogP contribution in [0, 0.1) is 0 Å². The second-order valence-corrected chi connectivity index (χ2v) is 6.08. The molecule has 1 heterocycles. The highest BCUT2D eigenvalue weighted by atomic mass is 16.4. The van der Waals surface area contributed by atoms with Crippen molar-refractivity contribution in [1.29, 1.82) is 0 Å². The third-order valence-corrected chi connectivity index (χ3v) is 4.03. The van der Waals surface area contributed by atoms with E-state index in [1.807, 2.05) is 30.3 Å². The van der Waals surface area contributed by atoms with Gasteiger partial charge in [0.25, 0.3) is 5.91 Å². The molecule has 0 saturated heterocycles. The van der Waals surface area contributed by atoms with E-state index in [1.54, 1.807) is 36.5 Å². The molecule has 2 N–H and O–H groups in total. The van der Waals surface area contributed by atoms with Gasteiger partial charge in [0.1, 0.15) is 0 Å². The van der Waals surface area contributed by atoms with Crippen LogP contribution >= 0.6 is 0 Å². The number of rotatable bonds is 8. The van der Waals surface area contributed by atoms with Crippen LogP contribution in [0.1, 0.15) is 22.7 Å². The van der Waals surface area contributed by atoms with Crippen LogP contribution in [0.15, 0.2) is 77.9 Å². The molecule has 0 spiro atoms. The van der Waals surface area contributed by atoms with Gasteiger partial charge in [-0.1, -0.05) is 48.5 Å². The van der Waals surface area contributed by atoms with Crippen molar-refractivity contribution < 1.29 is 14.0 Å². The maximum atomic E-state index is 12.3. The number of hydrogen-bond acceptors (Lipinski definition) is 4. The Morgan fingerprint density at radius 3 is 2.61 bits per heavy atom. The first-order chi connectivity index (χ1) is 13.7. The summed E-state index contributed by atoms with van der Waals surface area (Å²) in [6.07, 6.45) is 3.81. The number of aromatic nitrogens is 1. The van der Waals surface area contributed by atoms with Crippen LogP contribution < -0.4 is 10.6 Å². The van der Waals surface area contributed by atoms with Crippen LogP contribution in [0.25, 0.3) is 11.3 Å². The zero-order chi connectivity index (χ0) is 19.8. The molecule has 2 aromatic carbocycles. The van der Waals surface area contributed by atoms with Gasteiger partial charge in [-0.3, -0.25) is 9.59 Å². The van der Waals surface area contributed by atoms with Crippen LogP contribution in [0.4, 0.5) is 5.69 Å². The molecule has 0 radical (unpaired) electrons. The number of anilines is 1. The van der Waals surface area contributed by atoms with E-state index < -0.39 is 0 Å². The first kappa shape index (κ1) is 19.1. The van der Waals surface area contributed by atoms with Crippen molar-refractivity contribution in [2.75, 3.05) is 11.9 Å². The Morgan fingerprint density at radius 1 is 1.07 bits per heavy atom. The predicted octanol–water partition coefficient (Wildman–Crippen LogP) is 3.83. The lowest BCUT2D eigenvalue weighted by molar-refractivity contribution is -0.116. The molecule has 0 aliphatic heterocycles. The molecule has 0 bridgehead atoms. The van der Waals surface area contributed by atoms with E-state index in [-0.39, 0.29) is 18.2 Å². The number of aryl methyl sites for hydroxylation is 1. The number of carbonyl (C=O) groups excluding carboxylic acids is 2. The lowest BCUT2D eigenvalue weighted by Gasteiger charge is -2.10. The van der Waals surface area contributed by atoms with Crippen LogP contribution in [0.3, 0.4) is 0 Å². The molecule has 0 aliphatic carbocycles. The third-order valence-electron chi connectivity index (χ3n) is 4.03. The van der Waals surface area contributed by atoms with E-state index in [2.05, 4.69) is 22.2 Å². The SMILES string of the molecule is C=CCNC(=O)c1ccccc1NC(=O)CCc1ncc(-c2ccccc2)o1. The minimum atomic E-state index is -0.268. The zero-order valence-corrected chi connectivity index (χ0v) is 15.4.